The van der Waals surface area contributed by atoms with Crippen molar-refractivity contribution >= 4 is 55.7 Å². The maximum Gasteiger partial charge on any atom is 0.336 e. The molecular weight excluding hydrogens is 430 g/mol. The van der Waals surface area contributed by atoms with Crippen molar-refractivity contribution in [1.82, 2.24) is 10.2 Å². The van der Waals surface area contributed by atoms with Crippen LogP contribution in [0.25, 0.3) is 21.7 Å². The van der Waals surface area contributed by atoms with Crippen LogP contribution >= 0.6 is 23.1 Å². The van der Waals surface area contributed by atoms with Gasteiger partial charge in [-0.1, -0.05) is 59.5 Å². The molecule has 0 fully saturated rings. The van der Waals surface area contributed by atoms with E-state index in [4.69, 9.17) is 9.15 Å². The lowest BCUT2D eigenvalue weighted by atomic mass is 10.0. The monoisotopic (exact) mass is 447 g/mol. The lowest BCUT2D eigenvalue weighted by Gasteiger charge is -2.07. The number of benzene rings is 3. The average molecular weight is 448 g/mol. The molecular formula is C23H17N3O3S2. The lowest BCUT2D eigenvalue weighted by Crippen LogP contribution is -2.00. The van der Waals surface area contributed by atoms with Gasteiger partial charge < -0.3 is 14.5 Å². The van der Waals surface area contributed by atoms with E-state index in [-0.39, 0.29) is 5.63 Å². The highest BCUT2D eigenvalue weighted by Gasteiger charge is 2.12. The number of methoxy groups -OCH3 is 1. The number of fused-ring (bicyclic) bond motifs is 3. The average Bonchev–Trinajstić information content (AvgIpc) is 3.24. The third-order valence-electron chi connectivity index (χ3n) is 4.79. The van der Waals surface area contributed by atoms with E-state index < -0.39 is 0 Å². The van der Waals surface area contributed by atoms with Crippen molar-refractivity contribution in [3.05, 3.63) is 82.7 Å². The molecule has 6 nitrogen and oxygen atoms in total. The van der Waals surface area contributed by atoms with E-state index in [0.29, 0.717) is 16.5 Å². The molecule has 5 aromatic rings. The molecule has 0 radical (unpaired) electrons. The molecule has 0 saturated carbocycles. The van der Waals surface area contributed by atoms with Crippen molar-refractivity contribution in [2.24, 2.45) is 0 Å². The van der Waals surface area contributed by atoms with Crippen LogP contribution in [-0.2, 0) is 5.75 Å². The highest BCUT2D eigenvalue weighted by atomic mass is 32.2. The standard InChI is InChI=1S/C23H17N3O3S2/c1-28-17-7-4-6-16(12-17)24-22-25-26-23(31-22)30-13-15-11-20(27)29-19-10-9-14-5-2-3-8-18(14)21(15)19/h2-12H,13H2,1H3,(H,24,25). The maximum atomic E-state index is 12.1. The van der Waals surface area contributed by atoms with Crippen molar-refractivity contribution < 1.29 is 9.15 Å². The normalized spacial score (nSPS) is 11.1. The molecule has 31 heavy (non-hydrogen) atoms. The molecule has 1 N–H and O–H groups in total. The quantitative estimate of drug-likeness (QED) is 0.199. The minimum Gasteiger partial charge on any atom is -0.497 e. The Bertz CT molecular complexity index is 1450. The summed E-state index contributed by atoms with van der Waals surface area (Å²) in [5.74, 6) is 1.36. The van der Waals surface area contributed by atoms with Gasteiger partial charge >= 0.3 is 5.63 Å². The lowest BCUT2D eigenvalue weighted by molar-refractivity contribution is 0.415. The molecule has 0 aliphatic rings. The molecule has 0 atom stereocenters. The van der Waals surface area contributed by atoms with Crippen LogP contribution in [0, 0.1) is 0 Å². The van der Waals surface area contributed by atoms with Crippen LogP contribution in [0.1, 0.15) is 5.56 Å². The molecule has 0 bridgehead atoms. The van der Waals surface area contributed by atoms with Gasteiger partial charge in [0.05, 0.1) is 7.11 Å². The molecule has 5 rings (SSSR count). The van der Waals surface area contributed by atoms with E-state index in [2.05, 4.69) is 21.6 Å². The Morgan fingerprint density at radius 2 is 1.97 bits per heavy atom. The number of aromatic nitrogens is 2. The van der Waals surface area contributed by atoms with Gasteiger partial charge in [0.15, 0.2) is 4.34 Å². The van der Waals surface area contributed by atoms with E-state index in [9.17, 15) is 4.79 Å². The Morgan fingerprint density at radius 3 is 2.87 bits per heavy atom. The summed E-state index contributed by atoms with van der Waals surface area (Å²) in [6, 6.07) is 21.1. The van der Waals surface area contributed by atoms with Crippen LogP contribution in [0.3, 0.4) is 0 Å². The molecule has 0 amide bonds. The van der Waals surface area contributed by atoms with Crippen LogP contribution in [-0.4, -0.2) is 17.3 Å². The van der Waals surface area contributed by atoms with Gasteiger partial charge in [0.25, 0.3) is 0 Å². The van der Waals surface area contributed by atoms with Crippen molar-refractivity contribution in [1.29, 1.82) is 0 Å². The summed E-state index contributed by atoms with van der Waals surface area (Å²) in [5.41, 5.74) is 2.05. The zero-order chi connectivity index (χ0) is 21.2. The molecule has 0 aliphatic carbocycles. The maximum absolute atomic E-state index is 12.1. The van der Waals surface area contributed by atoms with Gasteiger partial charge in [-0.3, -0.25) is 0 Å². The van der Waals surface area contributed by atoms with Gasteiger partial charge in [0.2, 0.25) is 5.13 Å². The highest BCUT2D eigenvalue weighted by Crippen LogP contribution is 2.34. The number of thioether (sulfide) groups is 1. The molecule has 0 aliphatic heterocycles. The van der Waals surface area contributed by atoms with Crippen LogP contribution in [0.15, 0.2) is 80.3 Å². The largest absolute Gasteiger partial charge is 0.497 e. The molecule has 0 spiro atoms. The summed E-state index contributed by atoms with van der Waals surface area (Å²) in [6.07, 6.45) is 0. The Labute approximate surface area is 185 Å². The van der Waals surface area contributed by atoms with Crippen molar-refractivity contribution in [3.8, 4) is 5.75 Å². The fourth-order valence-electron chi connectivity index (χ4n) is 3.42. The summed E-state index contributed by atoms with van der Waals surface area (Å²) >= 11 is 3.01. The van der Waals surface area contributed by atoms with E-state index in [1.807, 2.05) is 54.6 Å². The van der Waals surface area contributed by atoms with E-state index in [0.717, 1.165) is 37.5 Å². The summed E-state index contributed by atoms with van der Waals surface area (Å²) < 4.78 is 11.5. The van der Waals surface area contributed by atoms with Crippen LogP contribution in [0.4, 0.5) is 10.8 Å². The Morgan fingerprint density at radius 1 is 1.06 bits per heavy atom. The van der Waals surface area contributed by atoms with Crippen LogP contribution in [0.2, 0.25) is 0 Å². The predicted octanol–water partition coefficient (Wildman–Crippen LogP) is 5.84. The van der Waals surface area contributed by atoms with Crippen molar-refractivity contribution in [3.63, 3.8) is 0 Å². The van der Waals surface area contributed by atoms with Gasteiger partial charge in [0.1, 0.15) is 11.3 Å². The van der Waals surface area contributed by atoms with Crippen LogP contribution < -0.4 is 15.7 Å². The molecule has 2 aromatic heterocycles. The summed E-state index contributed by atoms with van der Waals surface area (Å²) in [5, 5.41) is 15.6. The first kappa shape index (κ1) is 19.6. The molecule has 154 valence electrons. The van der Waals surface area contributed by atoms with E-state index in [1.165, 1.54) is 11.3 Å². The fraction of sp³-hybridized carbons (Fsp3) is 0.0870. The summed E-state index contributed by atoms with van der Waals surface area (Å²) in [6.45, 7) is 0. The Balaban J connectivity index is 1.40. The second-order valence-corrected chi connectivity index (χ2v) is 8.97. The molecule has 2 heterocycles. The first-order valence-corrected chi connectivity index (χ1v) is 11.3. The first-order valence-electron chi connectivity index (χ1n) is 9.51. The number of hydrogen-bond acceptors (Lipinski definition) is 8. The van der Waals surface area contributed by atoms with E-state index >= 15 is 0 Å². The molecule has 8 heteroatoms. The highest BCUT2D eigenvalue weighted by molar-refractivity contribution is 8.00. The summed E-state index contributed by atoms with van der Waals surface area (Å²) in [7, 11) is 1.63. The minimum absolute atomic E-state index is 0.351. The first-order chi connectivity index (χ1) is 15.2. The topological polar surface area (TPSA) is 77.2 Å². The number of rotatable bonds is 6. The minimum atomic E-state index is -0.351. The second-order valence-electron chi connectivity index (χ2n) is 6.77. The zero-order valence-corrected chi connectivity index (χ0v) is 18.1. The van der Waals surface area contributed by atoms with Gasteiger partial charge in [-0.05, 0) is 34.5 Å². The molecule has 3 aromatic carbocycles. The zero-order valence-electron chi connectivity index (χ0n) is 16.5. The Kier molecular flexibility index (Phi) is 5.31. The third kappa shape index (κ3) is 4.12. The van der Waals surface area contributed by atoms with Crippen molar-refractivity contribution in [2.75, 3.05) is 12.4 Å². The number of nitrogens with zero attached hydrogens (tertiary/aromatic N) is 2. The molecule has 0 saturated heterocycles. The number of hydrogen-bond donors (Lipinski definition) is 1. The smallest absolute Gasteiger partial charge is 0.336 e. The second kappa shape index (κ2) is 8.41. The Hall–Kier alpha value is -3.36. The number of nitrogens with one attached hydrogen (secondary N) is 1. The predicted molar refractivity (Wildman–Crippen MR) is 126 cm³/mol. The van der Waals surface area contributed by atoms with Gasteiger partial charge in [-0.25, -0.2) is 4.79 Å². The van der Waals surface area contributed by atoms with Crippen molar-refractivity contribution in [2.45, 2.75) is 10.1 Å². The van der Waals surface area contributed by atoms with E-state index in [1.54, 1.807) is 24.9 Å². The fourth-order valence-corrected chi connectivity index (χ4v) is 5.17. The van der Waals surface area contributed by atoms with Gasteiger partial charge in [-0.2, -0.15) is 0 Å². The SMILES string of the molecule is COc1cccc(Nc2nnc(SCc3cc(=O)oc4ccc5ccccc5c34)s2)c1. The number of ether oxygens (including phenoxy) is 1. The molecule has 0 unspecified atom stereocenters. The van der Waals surface area contributed by atoms with Crippen LogP contribution in [0.5, 0.6) is 5.75 Å². The third-order valence-corrected chi connectivity index (χ3v) is 6.81. The van der Waals surface area contributed by atoms with Gasteiger partial charge in [0, 0.05) is 29.0 Å². The summed E-state index contributed by atoms with van der Waals surface area (Å²) in [4.78, 5) is 12.1. The number of anilines is 2. The van der Waals surface area contributed by atoms with Gasteiger partial charge in [-0.15, -0.1) is 10.2 Å².